The number of rotatable bonds is 4. The van der Waals surface area contributed by atoms with E-state index >= 15 is 0 Å². The van der Waals surface area contributed by atoms with Gasteiger partial charge in [-0.15, -0.1) is 0 Å². The Kier molecular flexibility index (Phi) is 5.68. The van der Waals surface area contributed by atoms with Crippen LogP contribution in [-0.2, 0) is 11.3 Å². The second kappa shape index (κ2) is 8.15. The summed E-state index contributed by atoms with van der Waals surface area (Å²) in [5.74, 6) is 0.504. The van der Waals surface area contributed by atoms with Crippen LogP contribution in [0, 0.1) is 5.82 Å². The van der Waals surface area contributed by atoms with E-state index in [2.05, 4.69) is 5.32 Å². The highest BCUT2D eigenvalue weighted by atomic mass is 19.1. The quantitative estimate of drug-likeness (QED) is 0.855. The standard InChI is InChI=1S/C21H23FN2O2/c1-15-21(25)24(14-16-5-9-18(22)10-6-16)20(4-3-13-23-15)17-7-11-19(26-2)12-8-17/h3-12,15,20,23H,13-14H2,1-2H3/b4-3-/t15-,20+/m0/s1. The van der Waals surface area contributed by atoms with Gasteiger partial charge < -0.3 is 15.0 Å². The molecule has 3 rings (SSSR count). The van der Waals surface area contributed by atoms with Gasteiger partial charge >= 0.3 is 0 Å². The topological polar surface area (TPSA) is 41.6 Å². The fourth-order valence-electron chi connectivity index (χ4n) is 3.07. The van der Waals surface area contributed by atoms with E-state index in [0.717, 1.165) is 16.9 Å². The van der Waals surface area contributed by atoms with Crippen LogP contribution >= 0.6 is 0 Å². The van der Waals surface area contributed by atoms with Crippen LogP contribution < -0.4 is 10.1 Å². The molecule has 4 nitrogen and oxygen atoms in total. The zero-order valence-electron chi connectivity index (χ0n) is 15.0. The Hall–Kier alpha value is -2.66. The molecule has 0 aromatic heterocycles. The third-order valence-electron chi connectivity index (χ3n) is 4.57. The molecule has 2 atom stereocenters. The molecule has 2 aromatic rings. The van der Waals surface area contributed by atoms with Gasteiger partial charge in [0.2, 0.25) is 5.91 Å². The molecule has 5 heteroatoms. The Bertz CT molecular complexity index is 772. The minimum absolute atomic E-state index is 0.0134. The molecule has 136 valence electrons. The third kappa shape index (κ3) is 4.11. The van der Waals surface area contributed by atoms with E-state index in [4.69, 9.17) is 4.74 Å². The molecule has 2 aromatic carbocycles. The lowest BCUT2D eigenvalue weighted by Gasteiger charge is -2.34. The second-order valence-corrected chi connectivity index (χ2v) is 6.37. The summed E-state index contributed by atoms with van der Waals surface area (Å²) in [4.78, 5) is 14.8. The van der Waals surface area contributed by atoms with Crippen molar-refractivity contribution in [3.05, 3.63) is 77.6 Å². The molecule has 1 N–H and O–H groups in total. The molecule has 0 aliphatic carbocycles. The van der Waals surface area contributed by atoms with Gasteiger partial charge in [-0.05, 0) is 42.3 Å². The van der Waals surface area contributed by atoms with Crippen LogP contribution in [0.2, 0.25) is 0 Å². The summed E-state index contributed by atoms with van der Waals surface area (Å²) in [5.41, 5.74) is 1.89. The van der Waals surface area contributed by atoms with Crippen LogP contribution in [0.3, 0.4) is 0 Å². The third-order valence-corrected chi connectivity index (χ3v) is 4.57. The predicted octanol–water partition coefficient (Wildman–Crippen LogP) is 3.45. The van der Waals surface area contributed by atoms with Crippen molar-refractivity contribution in [1.82, 2.24) is 10.2 Å². The van der Waals surface area contributed by atoms with Crippen molar-refractivity contribution in [3.63, 3.8) is 0 Å². The van der Waals surface area contributed by atoms with E-state index in [-0.39, 0.29) is 23.8 Å². The van der Waals surface area contributed by atoms with Crippen molar-refractivity contribution in [2.75, 3.05) is 13.7 Å². The van der Waals surface area contributed by atoms with Crippen LogP contribution in [0.5, 0.6) is 5.75 Å². The van der Waals surface area contributed by atoms with Crippen molar-refractivity contribution >= 4 is 5.91 Å². The number of halogens is 1. The summed E-state index contributed by atoms with van der Waals surface area (Å²) >= 11 is 0. The molecule has 1 heterocycles. The first-order valence-corrected chi connectivity index (χ1v) is 8.67. The molecule has 1 aliphatic rings. The van der Waals surface area contributed by atoms with Crippen LogP contribution in [0.1, 0.15) is 24.1 Å². The smallest absolute Gasteiger partial charge is 0.240 e. The summed E-state index contributed by atoms with van der Waals surface area (Å²) in [7, 11) is 1.63. The minimum Gasteiger partial charge on any atom is -0.497 e. The first kappa shape index (κ1) is 18.1. The zero-order valence-corrected chi connectivity index (χ0v) is 15.0. The average molecular weight is 354 g/mol. The molecule has 0 unspecified atom stereocenters. The van der Waals surface area contributed by atoms with Crippen LogP contribution in [-0.4, -0.2) is 30.5 Å². The number of ether oxygens (including phenoxy) is 1. The van der Waals surface area contributed by atoms with E-state index in [1.807, 2.05) is 48.2 Å². The maximum atomic E-state index is 13.2. The number of carbonyl (C=O) groups excluding carboxylic acids is 1. The molecule has 0 saturated carbocycles. The van der Waals surface area contributed by atoms with E-state index < -0.39 is 0 Å². The lowest BCUT2D eigenvalue weighted by Crippen LogP contribution is -2.47. The highest BCUT2D eigenvalue weighted by molar-refractivity contribution is 5.82. The number of hydrogen-bond acceptors (Lipinski definition) is 3. The van der Waals surface area contributed by atoms with Gasteiger partial charge in [-0.25, -0.2) is 4.39 Å². The van der Waals surface area contributed by atoms with Gasteiger partial charge in [0.1, 0.15) is 11.6 Å². The Morgan fingerprint density at radius 1 is 1.15 bits per heavy atom. The molecule has 0 saturated heterocycles. The average Bonchev–Trinajstić information content (AvgIpc) is 2.67. The van der Waals surface area contributed by atoms with Crippen LogP contribution in [0.25, 0.3) is 0 Å². The zero-order chi connectivity index (χ0) is 18.5. The first-order valence-electron chi connectivity index (χ1n) is 8.67. The molecule has 1 aliphatic heterocycles. The Balaban J connectivity index is 1.95. The Morgan fingerprint density at radius 2 is 1.85 bits per heavy atom. The molecule has 0 bridgehead atoms. The minimum atomic E-state index is -0.291. The Morgan fingerprint density at radius 3 is 2.50 bits per heavy atom. The summed E-state index contributed by atoms with van der Waals surface area (Å²) in [6.07, 6.45) is 4.07. The van der Waals surface area contributed by atoms with Crippen LogP contribution in [0.4, 0.5) is 4.39 Å². The number of benzene rings is 2. The van der Waals surface area contributed by atoms with Gasteiger partial charge in [-0.3, -0.25) is 4.79 Å². The van der Waals surface area contributed by atoms with Gasteiger partial charge in [-0.1, -0.05) is 36.4 Å². The molecule has 0 fully saturated rings. The van der Waals surface area contributed by atoms with Gasteiger partial charge in [0.05, 0.1) is 19.2 Å². The highest BCUT2D eigenvalue weighted by Gasteiger charge is 2.28. The monoisotopic (exact) mass is 354 g/mol. The summed E-state index contributed by atoms with van der Waals surface area (Å²) in [6, 6.07) is 13.5. The highest BCUT2D eigenvalue weighted by Crippen LogP contribution is 2.28. The van der Waals surface area contributed by atoms with Crippen LogP contribution in [0.15, 0.2) is 60.7 Å². The van der Waals surface area contributed by atoms with Crippen molar-refractivity contribution in [1.29, 1.82) is 0 Å². The fourth-order valence-corrected chi connectivity index (χ4v) is 3.07. The number of carbonyl (C=O) groups is 1. The van der Waals surface area contributed by atoms with Crippen molar-refractivity contribution in [2.45, 2.75) is 25.6 Å². The van der Waals surface area contributed by atoms with Crippen molar-refractivity contribution < 1.29 is 13.9 Å². The molecule has 0 radical (unpaired) electrons. The second-order valence-electron chi connectivity index (χ2n) is 6.37. The fraction of sp³-hybridized carbons (Fsp3) is 0.286. The molecule has 1 amide bonds. The molecule has 26 heavy (non-hydrogen) atoms. The number of nitrogens with one attached hydrogen (secondary N) is 1. The van der Waals surface area contributed by atoms with Gasteiger partial charge in [0, 0.05) is 13.1 Å². The predicted molar refractivity (Wildman–Crippen MR) is 99.3 cm³/mol. The largest absolute Gasteiger partial charge is 0.497 e. The first-order chi connectivity index (χ1) is 12.6. The number of hydrogen-bond donors (Lipinski definition) is 1. The summed E-state index contributed by atoms with van der Waals surface area (Å²) in [6.45, 7) is 2.92. The number of amides is 1. The normalized spacial score (nSPS) is 21.8. The lowest BCUT2D eigenvalue weighted by molar-refractivity contribution is -0.135. The summed E-state index contributed by atoms with van der Waals surface area (Å²) in [5, 5.41) is 3.19. The number of nitrogens with zero attached hydrogens (tertiary/aromatic N) is 1. The van der Waals surface area contributed by atoms with E-state index in [1.165, 1.54) is 12.1 Å². The van der Waals surface area contributed by atoms with Gasteiger partial charge in [0.15, 0.2) is 0 Å². The molecule has 0 spiro atoms. The van der Waals surface area contributed by atoms with Crippen molar-refractivity contribution in [3.8, 4) is 5.75 Å². The van der Waals surface area contributed by atoms with E-state index in [1.54, 1.807) is 19.2 Å². The number of methoxy groups -OCH3 is 1. The van der Waals surface area contributed by atoms with Crippen molar-refractivity contribution in [2.24, 2.45) is 0 Å². The SMILES string of the molecule is COc1ccc([C@H]2/C=C\CN[C@@H](C)C(=O)N2Cc2ccc(F)cc2)cc1. The maximum Gasteiger partial charge on any atom is 0.240 e. The van der Waals surface area contributed by atoms with Gasteiger partial charge in [0.25, 0.3) is 0 Å². The van der Waals surface area contributed by atoms with E-state index in [9.17, 15) is 9.18 Å². The Labute approximate surface area is 153 Å². The molecular formula is C21H23FN2O2. The van der Waals surface area contributed by atoms with E-state index in [0.29, 0.717) is 13.1 Å². The molecular weight excluding hydrogens is 331 g/mol. The lowest BCUT2D eigenvalue weighted by atomic mass is 10.0. The van der Waals surface area contributed by atoms with Gasteiger partial charge in [-0.2, -0.15) is 0 Å². The summed E-state index contributed by atoms with van der Waals surface area (Å²) < 4.78 is 18.5. The maximum absolute atomic E-state index is 13.2.